The Balaban J connectivity index is 1.48. The van der Waals surface area contributed by atoms with Gasteiger partial charge in [-0.25, -0.2) is 9.78 Å². The molecule has 0 radical (unpaired) electrons. The van der Waals surface area contributed by atoms with Crippen LogP contribution in [0.3, 0.4) is 0 Å². The first-order valence-corrected chi connectivity index (χ1v) is 8.60. The highest BCUT2D eigenvalue weighted by Gasteiger charge is 2.08. The van der Waals surface area contributed by atoms with E-state index < -0.39 is 6.03 Å². The quantitative estimate of drug-likeness (QED) is 0.509. The van der Waals surface area contributed by atoms with Gasteiger partial charge in [0.1, 0.15) is 6.33 Å². The molecule has 4 aromatic rings. The number of fused-ring (bicyclic) bond motifs is 1. The van der Waals surface area contributed by atoms with Gasteiger partial charge in [0.25, 0.3) is 5.91 Å². The van der Waals surface area contributed by atoms with Gasteiger partial charge >= 0.3 is 6.03 Å². The highest BCUT2D eigenvalue weighted by atomic mass is 16.2. The zero-order valence-corrected chi connectivity index (χ0v) is 14.8. The van der Waals surface area contributed by atoms with Crippen LogP contribution in [0.25, 0.3) is 16.7 Å². The number of urea groups is 1. The molecule has 0 aliphatic heterocycles. The van der Waals surface area contributed by atoms with Crippen molar-refractivity contribution in [3.05, 3.63) is 84.7 Å². The lowest BCUT2D eigenvalue weighted by Gasteiger charge is -2.09. The van der Waals surface area contributed by atoms with Crippen LogP contribution >= 0.6 is 0 Å². The molecule has 138 valence electrons. The molecule has 0 bridgehead atoms. The van der Waals surface area contributed by atoms with Crippen LogP contribution in [0.5, 0.6) is 0 Å². The lowest BCUT2D eigenvalue weighted by atomic mass is 10.2. The average Bonchev–Trinajstić information content (AvgIpc) is 3.13. The SMILES string of the molecule is NC(=O)Nc1ccc(C(=O)Nc2ccc(-n3cnc4ccccc43)cc2)cc1. The van der Waals surface area contributed by atoms with Crippen molar-refractivity contribution in [2.45, 2.75) is 0 Å². The number of aromatic nitrogens is 2. The fourth-order valence-electron chi connectivity index (χ4n) is 2.92. The second-order valence-electron chi connectivity index (χ2n) is 6.17. The number of nitrogens with zero attached hydrogens (tertiary/aromatic N) is 2. The zero-order valence-electron chi connectivity index (χ0n) is 14.8. The number of amides is 3. The molecule has 0 saturated carbocycles. The van der Waals surface area contributed by atoms with Crippen LogP contribution in [-0.2, 0) is 0 Å². The lowest BCUT2D eigenvalue weighted by molar-refractivity contribution is 0.102. The molecule has 0 aliphatic carbocycles. The number of benzene rings is 3. The van der Waals surface area contributed by atoms with Crippen molar-refractivity contribution >= 4 is 34.3 Å². The van der Waals surface area contributed by atoms with E-state index in [1.165, 1.54) is 0 Å². The van der Waals surface area contributed by atoms with Gasteiger partial charge in [0, 0.05) is 22.6 Å². The summed E-state index contributed by atoms with van der Waals surface area (Å²) in [6.07, 6.45) is 1.78. The van der Waals surface area contributed by atoms with Crippen LogP contribution in [0, 0.1) is 0 Å². The van der Waals surface area contributed by atoms with Crippen LogP contribution < -0.4 is 16.4 Å². The first kappa shape index (κ1) is 17.3. The molecule has 1 heterocycles. The van der Waals surface area contributed by atoms with Gasteiger partial charge in [0.05, 0.1) is 11.0 Å². The van der Waals surface area contributed by atoms with Crippen molar-refractivity contribution in [1.82, 2.24) is 9.55 Å². The minimum Gasteiger partial charge on any atom is -0.351 e. The third-order valence-electron chi connectivity index (χ3n) is 4.27. The standard InChI is InChI=1S/C21H17N5O2/c22-21(28)25-16-7-5-14(6-8-16)20(27)24-15-9-11-17(12-10-15)26-13-23-18-3-1-2-4-19(18)26/h1-13H,(H,24,27)(H3,22,25,28). The number of anilines is 2. The number of imidazole rings is 1. The maximum atomic E-state index is 12.4. The van der Waals surface area contributed by atoms with E-state index in [2.05, 4.69) is 15.6 Å². The van der Waals surface area contributed by atoms with Gasteiger partial charge in [0.2, 0.25) is 0 Å². The lowest BCUT2D eigenvalue weighted by Crippen LogP contribution is -2.19. The minimum atomic E-state index is -0.650. The molecule has 0 fully saturated rings. The normalized spacial score (nSPS) is 10.6. The first-order chi connectivity index (χ1) is 13.6. The molecule has 0 atom stereocenters. The summed E-state index contributed by atoms with van der Waals surface area (Å²) in [4.78, 5) is 27.6. The number of carbonyl (C=O) groups excluding carboxylic acids is 2. The van der Waals surface area contributed by atoms with Crippen molar-refractivity contribution in [1.29, 1.82) is 0 Å². The third kappa shape index (κ3) is 3.54. The van der Waals surface area contributed by atoms with Crippen molar-refractivity contribution in [3.8, 4) is 5.69 Å². The Morgan fingerprint density at radius 1 is 0.821 bits per heavy atom. The van der Waals surface area contributed by atoms with Gasteiger partial charge in [-0.1, -0.05) is 12.1 Å². The maximum Gasteiger partial charge on any atom is 0.316 e. The van der Waals surface area contributed by atoms with E-state index in [9.17, 15) is 9.59 Å². The van der Waals surface area contributed by atoms with Crippen LogP contribution in [-0.4, -0.2) is 21.5 Å². The summed E-state index contributed by atoms with van der Waals surface area (Å²) in [5.74, 6) is -0.244. The number of primary amides is 1. The van der Waals surface area contributed by atoms with Gasteiger partial charge in [-0.15, -0.1) is 0 Å². The molecule has 3 aromatic carbocycles. The first-order valence-electron chi connectivity index (χ1n) is 8.60. The molecule has 4 rings (SSSR count). The second-order valence-corrected chi connectivity index (χ2v) is 6.17. The Morgan fingerprint density at radius 3 is 2.18 bits per heavy atom. The summed E-state index contributed by atoms with van der Waals surface area (Å²) >= 11 is 0. The number of rotatable bonds is 4. The zero-order chi connectivity index (χ0) is 19.5. The summed E-state index contributed by atoms with van der Waals surface area (Å²) in [5, 5.41) is 5.30. The topological polar surface area (TPSA) is 102 Å². The van der Waals surface area contributed by atoms with Gasteiger partial charge in [-0.05, 0) is 60.7 Å². The fraction of sp³-hybridized carbons (Fsp3) is 0. The number of nitrogens with one attached hydrogen (secondary N) is 2. The molecule has 0 unspecified atom stereocenters. The summed E-state index contributed by atoms with van der Waals surface area (Å²) in [7, 11) is 0. The number of para-hydroxylation sites is 2. The molecule has 7 nitrogen and oxygen atoms in total. The van der Waals surface area contributed by atoms with Crippen LogP contribution in [0.4, 0.5) is 16.2 Å². The number of hydrogen-bond acceptors (Lipinski definition) is 3. The molecule has 28 heavy (non-hydrogen) atoms. The fourth-order valence-corrected chi connectivity index (χ4v) is 2.92. The molecule has 0 spiro atoms. The Labute approximate surface area is 160 Å². The highest BCUT2D eigenvalue weighted by Crippen LogP contribution is 2.20. The van der Waals surface area contributed by atoms with Crippen molar-refractivity contribution < 1.29 is 9.59 Å². The van der Waals surface area contributed by atoms with Gasteiger partial charge in [-0.3, -0.25) is 9.36 Å². The van der Waals surface area contributed by atoms with E-state index in [1.54, 1.807) is 30.6 Å². The van der Waals surface area contributed by atoms with Crippen LogP contribution in [0.15, 0.2) is 79.1 Å². The predicted molar refractivity (Wildman–Crippen MR) is 109 cm³/mol. The molecular weight excluding hydrogens is 354 g/mol. The number of carbonyl (C=O) groups is 2. The molecule has 0 aliphatic rings. The minimum absolute atomic E-state index is 0.244. The van der Waals surface area contributed by atoms with Crippen LogP contribution in [0.1, 0.15) is 10.4 Å². The van der Waals surface area contributed by atoms with E-state index >= 15 is 0 Å². The monoisotopic (exact) mass is 371 g/mol. The summed E-state index contributed by atoms with van der Waals surface area (Å²) < 4.78 is 1.99. The molecular formula is C21H17N5O2. The van der Waals surface area contributed by atoms with Crippen molar-refractivity contribution in [2.24, 2.45) is 5.73 Å². The Bertz CT molecular complexity index is 1150. The summed E-state index contributed by atoms with van der Waals surface area (Å²) in [5.41, 5.74) is 9.64. The largest absolute Gasteiger partial charge is 0.351 e. The third-order valence-corrected chi connectivity index (χ3v) is 4.27. The Hall–Kier alpha value is -4.13. The molecule has 0 saturated heterocycles. The second kappa shape index (κ2) is 7.24. The Kier molecular flexibility index (Phi) is 4.47. The highest BCUT2D eigenvalue weighted by molar-refractivity contribution is 6.04. The summed E-state index contributed by atoms with van der Waals surface area (Å²) in [6, 6.07) is 21.2. The molecule has 1 aromatic heterocycles. The predicted octanol–water partition coefficient (Wildman–Crippen LogP) is 3.77. The molecule has 7 heteroatoms. The number of hydrogen-bond donors (Lipinski definition) is 3. The smallest absolute Gasteiger partial charge is 0.316 e. The van der Waals surface area contributed by atoms with E-state index in [0.29, 0.717) is 16.9 Å². The van der Waals surface area contributed by atoms with Gasteiger partial charge in [0.15, 0.2) is 0 Å². The molecule has 4 N–H and O–H groups in total. The van der Waals surface area contributed by atoms with Gasteiger partial charge in [-0.2, -0.15) is 0 Å². The van der Waals surface area contributed by atoms with E-state index in [4.69, 9.17) is 5.73 Å². The number of nitrogens with two attached hydrogens (primary N) is 1. The van der Waals surface area contributed by atoms with E-state index in [1.807, 2.05) is 53.1 Å². The summed E-state index contributed by atoms with van der Waals surface area (Å²) in [6.45, 7) is 0. The van der Waals surface area contributed by atoms with Gasteiger partial charge < -0.3 is 16.4 Å². The maximum absolute atomic E-state index is 12.4. The van der Waals surface area contributed by atoms with E-state index in [0.717, 1.165) is 16.7 Å². The van der Waals surface area contributed by atoms with Crippen molar-refractivity contribution in [3.63, 3.8) is 0 Å². The Morgan fingerprint density at radius 2 is 1.46 bits per heavy atom. The van der Waals surface area contributed by atoms with E-state index in [-0.39, 0.29) is 5.91 Å². The van der Waals surface area contributed by atoms with Crippen molar-refractivity contribution in [2.75, 3.05) is 10.6 Å². The molecule has 3 amide bonds. The average molecular weight is 371 g/mol. The van der Waals surface area contributed by atoms with Crippen LogP contribution in [0.2, 0.25) is 0 Å².